The van der Waals surface area contributed by atoms with Crippen molar-refractivity contribution in [1.82, 2.24) is 25.1 Å². The minimum absolute atomic E-state index is 0.00843. The van der Waals surface area contributed by atoms with Crippen molar-refractivity contribution in [2.45, 2.75) is 70.1 Å². The molecule has 0 bridgehead atoms. The molecule has 3 aromatic carbocycles. The number of carboxylic acid groups (broad SMARTS) is 1. The molecule has 20 heteroatoms. The number of methoxy groups -OCH3 is 2. The molecule has 3 N–H and O–H groups in total. The lowest BCUT2D eigenvalue weighted by atomic mass is 9.95. The summed E-state index contributed by atoms with van der Waals surface area (Å²) < 4.78 is 103. The van der Waals surface area contributed by atoms with Crippen molar-refractivity contribution in [2.24, 2.45) is 4.99 Å². The summed E-state index contributed by atoms with van der Waals surface area (Å²) in [5.74, 6) is -0.647. The van der Waals surface area contributed by atoms with Gasteiger partial charge >= 0.3 is 18.2 Å². The molecule has 362 valence electrons. The van der Waals surface area contributed by atoms with Gasteiger partial charge in [-0.2, -0.15) is 13.2 Å². The lowest BCUT2D eigenvalue weighted by molar-refractivity contribution is -0.137. The minimum Gasteiger partial charge on any atom is -0.497 e. The number of hydrogen-bond acceptors (Lipinski definition) is 12. The lowest BCUT2D eigenvalue weighted by Gasteiger charge is -2.33. The van der Waals surface area contributed by atoms with Crippen molar-refractivity contribution in [1.29, 1.82) is 0 Å². The van der Waals surface area contributed by atoms with Gasteiger partial charge < -0.3 is 39.2 Å². The van der Waals surface area contributed by atoms with Gasteiger partial charge in [0.25, 0.3) is 0 Å². The number of amides is 1. The fraction of sp³-hybridized carbons (Fsp3) is 0.347. The van der Waals surface area contributed by atoms with E-state index >= 15 is 17.6 Å². The number of benzene rings is 3. The summed E-state index contributed by atoms with van der Waals surface area (Å²) in [6, 6.07) is 18.2. The van der Waals surface area contributed by atoms with Crippen molar-refractivity contribution in [3.63, 3.8) is 0 Å². The molecule has 9 rings (SSSR count). The first-order valence-corrected chi connectivity index (χ1v) is 22.5. The van der Waals surface area contributed by atoms with E-state index in [1.165, 1.54) is 39.6 Å². The molecule has 0 spiro atoms. The highest BCUT2D eigenvalue weighted by molar-refractivity contribution is 6.33. The van der Waals surface area contributed by atoms with E-state index in [-0.39, 0.29) is 78.9 Å². The van der Waals surface area contributed by atoms with Gasteiger partial charge in [0.2, 0.25) is 0 Å². The number of nitrogens with zero attached hydrogens (tertiary/aromatic N) is 6. The van der Waals surface area contributed by atoms with Gasteiger partial charge in [0.15, 0.2) is 11.6 Å². The third-order valence-electron chi connectivity index (χ3n) is 13.0. The second-order valence-corrected chi connectivity index (χ2v) is 17.7. The third kappa shape index (κ3) is 9.24. The molecule has 4 aliphatic rings. The Morgan fingerprint density at radius 2 is 1.77 bits per heavy atom. The molecule has 4 aliphatic heterocycles. The van der Waals surface area contributed by atoms with Crippen LogP contribution in [-0.2, 0) is 24.0 Å². The van der Waals surface area contributed by atoms with Gasteiger partial charge in [0.05, 0.1) is 64.4 Å². The molecular weight excluding hydrogens is 927 g/mol. The summed E-state index contributed by atoms with van der Waals surface area (Å²) in [6.45, 7) is 4.01. The van der Waals surface area contributed by atoms with Crippen LogP contribution < -0.4 is 40.3 Å². The van der Waals surface area contributed by atoms with E-state index in [4.69, 9.17) is 30.5 Å². The van der Waals surface area contributed by atoms with Crippen LogP contribution in [0.1, 0.15) is 60.0 Å². The molecule has 0 radical (unpaired) electrons. The van der Waals surface area contributed by atoms with Crippen LogP contribution in [0, 0.1) is 12.7 Å². The van der Waals surface area contributed by atoms with Crippen molar-refractivity contribution >= 4 is 35.2 Å². The number of fused-ring (bicyclic) bond motifs is 1. The van der Waals surface area contributed by atoms with Crippen LogP contribution in [0.4, 0.5) is 38.4 Å². The molecule has 6 heterocycles. The Labute approximate surface area is 398 Å². The predicted octanol–water partition coefficient (Wildman–Crippen LogP) is 8.67. The number of anilines is 2. The van der Waals surface area contributed by atoms with Gasteiger partial charge in [-0.3, -0.25) is 15.2 Å². The number of alkyl halides is 4. The van der Waals surface area contributed by atoms with Crippen molar-refractivity contribution in [3.05, 3.63) is 134 Å². The fourth-order valence-electron chi connectivity index (χ4n) is 9.75. The Morgan fingerprint density at radius 3 is 2.41 bits per heavy atom. The van der Waals surface area contributed by atoms with Gasteiger partial charge in [-0.1, -0.05) is 41.9 Å². The van der Waals surface area contributed by atoms with Crippen LogP contribution in [0.15, 0.2) is 90.1 Å². The molecule has 2 aromatic heterocycles. The quantitative estimate of drug-likeness (QED) is 0.0916. The standard InChI is InChI=1S/C49H48ClF5N8O6/c1-27-19-35(61(21-29-8-12-32(66-3)13-9-29)22-30-10-14-33(67-4)15-11-30)59-42(39(27)49(53,54)55)37-40(50)43-38-44(41(37)52)69-36(68-25-48-16-6-18-62(48)23-31(51)20-48)24-63(46(38)58-26-57-43)28(2)34-7-5-17-56-45(34)60-47(64)65/h5,7-15,17,19,24,28,31,58H,6,16,18,20-23,25-26H2,1-4H3,(H,56,60)(H,64,65)/t28?,31-,48+/m1/s1. The van der Waals surface area contributed by atoms with Crippen LogP contribution in [0.25, 0.3) is 17.1 Å². The number of aryl methyl sites for hydroxylation is 1. The van der Waals surface area contributed by atoms with Crippen molar-refractivity contribution in [3.8, 4) is 28.5 Å². The average Bonchev–Trinajstić information content (AvgIpc) is 3.79. The van der Waals surface area contributed by atoms with Gasteiger partial charge in [-0.05, 0) is 86.3 Å². The highest BCUT2D eigenvalue weighted by atomic mass is 35.5. The number of pyridine rings is 2. The zero-order valence-corrected chi connectivity index (χ0v) is 38.7. The van der Waals surface area contributed by atoms with E-state index in [2.05, 4.69) is 25.6 Å². The third-order valence-corrected chi connectivity index (χ3v) is 13.4. The first kappa shape index (κ1) is 47.2. The molecule has 2 fully saturated rings. The molecule has 2 saturated heterocycles. The Kier molecular flexibility index (Phi) is 12.9. The largest absolute Gasteiger partial charge is 0.497 e. The molecule has 1 unspecified atom stereocenters. The zero-order valence-electron chi connectivity index (χ0n) is 38.0. The Balaban J connectivity index is 1.23. The molecular formula is C49H48ClF5N8O6. The SMILES string of the molecule is COc1ccc(CN(Cc2ccc(OC)cc2)c2cc(C)c(C(F)(F)F)c(-c3c(F)c4c5c(c3Cl)=NCNC=5N(C(C)c3cccnc3NC(=O)O)C=C(OC[C@@]35CCCN3C[C@H](F)C5)O4)n2)cc1. The Morgan fingerprint density at radius 1 is 1.09 bits per heavy atom. The predicted molar refractivity (Wildman–Crippen MR) is 246 cm³/mol. The Hall–Kier alpha value is -6.86. The van der Waals surface area contributed by atoms with Crippen molar-refractivity contribution in [2.75, 3.05) is 50.8 Å². The van der Waals surface area contributed by atoms with Gasteiger partial charge in [0, 0.05) is 37.8 Å². The molecule has 0 saturated carbocycles. The second-order valence-electron chi connectivity index (χ2n) is 17.3. The summed E-state index contributed by atoms with van der Waals surface area (Å²) in [5.41, 5.74) is -1.72. The molecule has 1 amide bonds. The fourth-order valence-corrected chi connectivity index (χ4v) is 10.1. The number of nitrogens with one attached hydrogen (secondary N) is 2. The number of aromatic nitrogens is 2. The van der Waals surface area contributed by atoms with Crippen LogP contribution in [0.5, 0.6) is 17.2 Å². The van der Waals surface area contributed by atoms with Gasteiger partial charge in [-0.15, -0.1) is 0 Å². The summed E-state index contributed by atoms with van der Waals surface area (Å²) in [5, 5.41) is 14.5. The van der Waals surface area contributed by atoms with Crippen LogP contribution in [-0.4, -0.2) is 83.3 Å². The molecule has 0 aliphatic carbocycles. The Bertz CT molecular complexity index is 2900. The maximum Gasteiger partial charge on any atom is 0.418 e. The van der Waals surface area contributed by atoms with E-state index in [9.17, 15) is 14.3 Å². The van der Waals surface area contributed by atoms with Crippen molar-refractivity contribution < 1.29 is 50.8 Å². The summed E-state index contributed by atoms with van der Waals surface area (Å²) >= 11 is 7.18. The van der Waals surface area contributed by atoms with E-state index in [0.29, 0.717) is 30.0 Å². The second kappa shape index (κ2) is 18.9. The summed E-state index contributed by atoms with van der Waals surface area (Å²) in [4.78, 5) is 30.7. The monoisotopic (exact) mass is 974 g/mol. The topological polar surface area (TPSA) is 146 Å². The summed E-state index contributed by atoms with van der Waals surface area (Å²) in [7, 11) is 3.08. The normalized spacial score (nSPS) is 19.0. The van der Waals surface area contributed by atoms with E-state index in [1.807, 2.05) is 29.2 Å². The molecule has 14 nitrogen and oxygen atoms in total. The van der Waals surface area contributed by atoms with E-state index < -0.39 is 63.4 Å². The van der Waals surface area contributed by atoms with E-state index in [0.717, 1.165) is 17.5 Å². The number of carbonyl (C=O) groups is 1. The number of ether oxygens (including phenoxy) is 4. The molecule has 5 aromatic rings. The first-order chi connectivity index (χ1) is 33.1. The summed E-state index contributed by atoms with van der Waals surface area (Å²) in [6.07, 6.45) is -3.03. The number of halogens is 6. The molecule has 69 heavy (non-hydrogen) atoms. The highest BCUT2D eigenvalue weighted by Gasteiger charge is 2.50. The average molecular weight is 975 g/mol. The molecule has 3 atom stereocenters. The number of hydrogen-bond donors (Lipinski definition) is 3. The zero-order chi connectivity index (χ0) is 48.8. The maximum atomic E-state index is 18.1. The van der Waals surface area contributed by atoms with Crippen LogP contribution >= 0.6 is 11.6 Å². The van der Waals surface area contributed by atoms with Crippen LogP contribution in [0.3, 0.4) is 0 Å². The maximum absolute atomic E-state index is 18.1. The van der Waals surface area contributed by atoms with Gasteiger partial charge in [0.1, 0.15) is 48.4 Å². The smallest absolute Gasteiger partial charge is 0.418 e. The number of rotatable bonds is 14. The highest BCUT2D eigenvalue weighted by Crippen LogP contribution is 2.45. The van der Waals surface area contributed by atoms with E-state index in [1.54, 1.807) is 53.1 Å². The lowest BCUT2D eigenvalue weighted by Crippen LogP contribution is -2.45. The van der Waals surface area contributed by atoms with Gasteiger partial charge in [-0.25, -0.2) is 23.5 Å². The minimum atomic E-state index is -5.05. The first-order valence-electron chi connectivity index (χ1n) is 22.2. The van der Waals surface area contributed by atoms with Crippen LogP contribution in [0.2, 0.25) is 5.02 Å².